The molecule has 0 N–H and O–H groups in total. The van der Waals surface area contributed by atoms with Crippen molar-refractivity contribution >= 4 is 23.3 Å². The van der Waals surface area contributed by atoms with Crippen LogP contribution < -0.4 is 10.3 Å². The van der Waals surface area contributed by atoms with Crippen LogP contribution in [0.5, 0.6) is 5.88 Å². The number of hydroxylamine groups is 2. The van der Waals surface area contributed by atoms with Gasteiger partial charge in [-0.15, -0.1) is 0 Å². The minimum absolute atomic E-state index is 0.0588. The molecule has 1 saturated heterocycles. The molecule has 200 valence electrons. The lowest BCUT2D eigenvalue weighted by Gasteiger charge is -2.14. The first-order chi connectivity index (χ1) is 18.2. The first-order valence-electron chi connectivity index (χ1n) is 11.6. The minimum atomic E-state index is -0.805. The van der Waals surface area contributed by atoms with Crippen molar-refractivity contribution in [2.24, 2.45) is 5.92 Å². The summed E-state index contributed by atoms with van der Waals surface area (Å²) in [6.45, 7) is 2.09. The number of hydrogen-bond donors (Lipinski definition) is 0. The van der Waals surface area contributed by atoms with Crippen molar-refractivity contribution in [3.05, 3.63) is 86.4 Å². The second-order valence-electron chi connectivity index (χ2n) is 8.62. The van der Waals surface area contributed by atoms with Crippen molar-refractivity contribution in [1.82, 2.24) is 14.6 Å². The number of rotatable bonds is 10. The van der Waals surface area contributed by atoms with Gasteiger partial charge in [0.25, 0.3) is 11.5 Å². The van der Waals surface area contributed by atoms with Crippen molar-refractivity contribution in [1.29, 1.82) is 0 Å². The van der Waals surface area contributed by atoms with Gasteiger partial charge in [0.15, 0.2) is 10.8 Å². The molecule has 38 heavy (non-hydrogen) atoms. The fraction of sp³-hybridized carbons (Fsp3) is 0.308. The van der Waals surface area contributed by atoms with Crippen LogP contribution in [0.1, 0.15) is 27.9 Å². The molecule has 0 aliphatic carbocycles. The number of ketones is 1. The van der Waals surface area contributed by atoms with Crippen molar-refractivity contribution in [3.63, 3.8) is 0 Å². The van der Waals surface area contributed by atoms with Crippen molar-refractivity contribution in [2.45, 2.75) is 20.0 Å². The van der Waals surface area contributed by atoms with Crippen molar-refractivity contribution in [3.8, 4) is 11.6 Å². The summed E-state index contributed by atoms with van der Waals surface area (Å²) in [4.78, 5) is 47.9. The molecule has 0 spiro atoms. The van der Waals surface area contributed by atoms with Crippen LogP contribution in [0.15, 0.2) is 47.5 Å². The number of ether oxygens (including phenoxy) is 2. The molecule has 1 amide bonds. The maximum atomic E-state index is 13.9. The molecule has 0 bridgehead atoms. The molecule has 0 unspecified atom stereocenters. The zero-order valence-electron chi connectivity index (χ0n) is 20.6. The molecule has 2 aromatic carbocycles. The van der Waals surface area contributed by atoms with Gasteiger partial charge in [-0.05, 0) is 30.7 Å². The van der Waals surface area contributed by atoms with E-state index in [0.29, 0.717) is 23.4 Å². The van der Waals surface area contributed by atoms with Gasteiger partial charge in [-0.1, -0.05) is 23.7 Å². The Labute approximate surface area is 221 Å². The van der Waals surface area contributed by atoms with E-state index in [1.54, 1.807) is 19.1 Å². The summed E-state index contributed by atoms with van der Waals surface area (Å²) >= 11 is 6.21. The van der Waals surface area contributed by atoms with E-state index in [1.807, 2.05) is 0 Å². The lowest BCUT2D eigenvalue weighted by molar-refractivity contribution is -0.164. The number of benzene rings is 2. The van der Waals surface area contributed by atoms with Gasteiger partial charge in [0.05, 0.1) is 31.4 Å². The normalized spacial score (nSPS) is 15.2. The molecule has 12 heteroatoms. The number of nitrogens with zero attached hydrogens (tertiary/aromatic N) is 3. The number of aryl methyl sites for hydroxylation is 1. The summed E-state index contributed by atoms with van der Waals surface area (Å²) in [5, 5.41) is 0.847. The van der Waals surface area contributed by atoms with E-state index in [1.165, 1.54) is 30.6 Å². The molecule has 2 heterocycles. The average Bonchev–Trinajstić information content (AvgIpc) is 3.23. The van der Waals surface area contributed by atoms with E-state index < -0.39 is 23.1 Å². The highest BCUT2D eigenvalue weighted by atomic mass is 35.5. The zero-order valence-corrected chi connectivity index (χ0v) is 21.3. The SMILES string of the molecule is COCCN1OC[C@@H](CC(=O)c2ccc(C)c(-n3cnc(OCc4ccc(F)cc4F)c(Cl)c3=O)c2)C1=O. The van der Waals surface area contributed by atoms with E-state index >= 15 is 0 Å². The summed E-state index contributed by atoms with van der Waals surface area (Å²) in [7, 11) is 1.51. The van der Waals surface area contributed by atoms with E-state index in [-0.39, 0.29) is 54.3 Å². The second kappa shape index (κ2) is 11.8. The molecule has 3 aromatic rings. The lowest BCUT2D eigenvalue weighted by atomic mass is 9.97. The van der Waals surface area contributed by atoms with Gasteiger partial charge in [0.2, 0.25) is 5.88 Å². The van der Waals surface area contributed by atoms with Gasteiger partial charge in [-0.3, -0.25) is 23.8 Å². The third-order valence-electron chi connectivity index (χ3n) is 6.01. The summed E-state index contributed by atoms with van der Waals surface area (Å²) in [5.41, 5.74) is 0.709. The van der Waals surface area contributed by atoms with Crippen LogP contribution in [0.25, 0.3) is 5.69 Å². The van der Waals surface area contributed by atoms with Gasteiger partial charge in [-0.2, -0.15) is 0 Å². The van der Waals surface area contributed by atoms with Crippen LogP contribution in [-0.4, -0.2) is 53.2 Å². The molecule has 1 fully saturated rings. The Morgan fingerprint density at radius 2 is 2.00 bits per heavy atom. The van der Waals surface area contributed by atoms with Crippen molar-refractivity contribution in [2.75, 3.05) is 26.9 Å². The van der Waals surface area contributed by atoms with Crippen LogP contribution in [0.3, 0.4) is 0 Å². The number of Topliss-reactive ketones (excluding diaryl/α,β-unsaturated/α-hetero) is 1. The monoisotopic (exact) mass is 547 g/mol. The van der Waals surface area contributed by atoms with Crippen LogP contribution in [-0.2, 0) is 21.0 Å². The quantitative estimate of drug-likeness (QED) is 0.357. The summed E-state index contributed by atoms with van der Waals surface area (Å²) in [6, 6.07) is 7.82. The topological polar surface area (TPSA) is 100.0 Å². The zero-order chi connectivity index (χ0) is 27.4. The number of aromatic nitrogens is 2. The maximum absolute atomic E-state index is 13.9. The fourth-order valence-electron chi connectivity index (χ4n) is 3.87. The van der Waals surface area contributed by atoms with Crippen LogP contribution in [0.2, 0.25) is 5.02 Å². The molecular formula is C26H24ClF2N3O6. The maximum Gasteiger partial charge on any atom is 0.280 e. The molecule has 1 aliphatic heterocycles. The molecule has 1 aliphatic rings. The predicted octanol–water partition coefficient (Wildman–Crippen LogP) is 3.66. The Morgan fingerprint density at radius 3 is 2.74 bits per heavy atom. The van der Waals surface area contributed by atoms with Gasteiger partial charge in [0, 0.05) is 30.7 Å². The number of amides is 1. The Kier molecular flexibility index (Phi) is 8.50. The molecule has 0 saturated carbocycles. The summed E-state index contributed by atoms with van der Waals surface area (Å²) in [5.74, 6) is -2.96. The van der Waals surface area contributed by atoms with E-state index in [4.69, 9.17) is 25.9 Å². The predicted molar refractivity (Wildman–Crippen MR) is 132 cm³/mol. The number of hydrogen-bond acceptors (Lipinski definition) is 7. The van der Waals surface area contributed by atoms with Gasteiger partial charge < -0.3 is 9.47 Å². The van der Waals surface area contributed by atoms with E-state index in [0.717, 1.165) is 16.7 Å². The molecule has 0 radical (unpaired) electrons. The van der Waals surface area contributed by atoms with Gasteiger partial charge >= 0.3 is 0 Å². The fourth-order valence-corrected chi connectivity index (χ4v) is 4.07. The Balaban J connectivity index is 1.51. The number of halogens is 3. The number of carbonyl (C=O) groups excluding carboxylic acids is 2. The largest absolute Gasteiger partial charge is 0.471 e. The molecular weight excluding hydrogens is 524 g/mol. The highest BCUT2D eigenvalue weighted by Gasteiger charge is 2.34. The van der Waals surface area contributed by atoms with E-state index in [2.05, 4.69) is 4.98 Å². The first kappa shape index (κ1) is 27.4. The standard InChI is InChI=1S/C26H24ClF2N3O6/c1-15-3-4-16(22(33)10-18-13-38-32(25(18)34)7-8-36-2)9-21(15)31-14-30-24(23(27)26(31)35)37-12-17-5-6-19(28)11-20(17)29/h3-6,9,11,14,18H,7-8,10,12-13H2,1-2H3/t18-/m1/s1. The highest BCUT2D eigenvalue weighted by molar-refractivity contribution is 6.31. The molecule has 4 rings (SSSR count). The molecule has 1 aromatic heterocycles. The van der Waals surface area contributed by atoms with Gasteiger partial charge in [-0.25, -0.2) is 18.8 Å². The molecule has 9 nitrogen and oxygen atoms in total. The van der Waals surface area contributed by atoms with Crippen molar-refractivity contribution < 1.29 is 32.7 Å². The Hall–Kier alpha value is -3.67. The van der Waals surface area contributed by atoms with Crippen LogP contribution >= 0.6 is 11.6 Å². The lowest BCUT2D eigenvalue weighted by Crippen LogP contribution is -2.30. The van der Waals surface area contributed by atoms with Gasteiger partial charge in [0.1, 0.15) is 24.6 Å². The first-order valence-corrected chi connectivity index (χ1v) is 12.0. The third kappa shape index (κ3) is 5.90. The minimum Gasteiger partial charge on any atom is -0.471 e. The summed E-state index contributed by atoms with van der Waals surface area (Å²) < 4.78 is 38.5. The number of carbonyl (C=O) groups is 2. The van der Waals surface area contributed by atoms with Crippen LogP contribution in [0.4, 0.5) is 8.78 Å². The highest BCUT2D eigenvalue weighted by Crippen LogP contribution is 2.24. The summed E-state index contributed by atoms with van der Waals surface area (Å²) in [6.07, 6.45) is 1.12. The third-order valence-corrected chi connectivity index (χ3v) is 6.34. The molecule has 1 atom stereocenters. The Morgan fingerprint density at radius 1 is 1.21 bits per heavy atom. The Bertz CT molecular complexity index is 1430. The number of methoxy groups -OCH3 is 1. The second-order valence-corrected chi connectivity index (χ2v) is 9.00. The smallest absolute Gasteiger partial charge is 0.280 e. The average molecular weight is 548 g/mol. The van der Waals surface area contributed by atoms with Crippen LogP contribution in [0, 0.1) is 24.5 Å². The van der Waals surface area contributed by atoms with E-state index in [9.17, 15) is 23.2 Å².